The molecule has 1 unspecified atom stereocenters. The topological polar surface area (TPSA) is 71.8 Å². The molecule has 1 saturated heterocycles. The quantitative estimate of drug-likeness (QED) is 0.891. The largest absolute Gasteiger partial charge is 0.350 e. The fraction of sp³-hybridized carbons (Fsp3) is 0.562. The van der Waals surface area contributed by atoms with Gasteiger partial charge in [0.25, 0.3) is 0 Å². The summed E-state index contributed by atoms with van der Waals surface area (Å²) in [5.74, 6) is 0.0232. The fourth-order valence-electron chi connectivity index (χ4n) is 3.81. The van der Waals surface area contributed by atoms with Crippen molar-refractivity contribution in [3.63, 3.8) is 0 Å². The first-order valence-corrected chi connectivity index (χ1v) is 8.00. The minimum absolute atomic E-state index is 0.0232. The van der Waals surface area contributed by atoms with Gasteiger partial charge in [0.2, 0.25) is 5.91 Å². The van der Waals surface area contributed by atoms with Crippen molar-refractivity contribution in [2.24, 2.45) is 0 Å². The highest BCUT2D eigenvalue weighted by molar-refractivity contribution is 5.81. The minimum atomic E-state index is 0.0232. The average Bonchev–Trinajstić information content (AvgIpc) is 3.02. The molecule has 3 heterocycles. The first kappa shape index (κ1) is 13.7. The van der Waals surface area contributed by atoms with E-state index in [0.29, 0.717) is 0 Å². The second kappa shape index (κ2) is 5.05. The van der Waals surface area contributed by atoms with Crippen LogP contribution >= 0.6 is 0 Å². The number of rotatable bonds is 3. The van der Waals surface area contributed by atoms with Gasteiger partial charge in [0.1, 0.15) is 6.54 Å². The van der Waals surface area contributed by atoms with Crippen molar-refractivity contribution in [2.75, 3.05) is 6.54 Å². The summed E-state index contributed by atoms with van der Waals surface area (Å²) in [4.78, 5) is 16.8. The number of aromatic nitrogens is 3. The molecule has 116 valence electrons. The molecule has 2 aromatic heterocycles. The van der Waals surface area contributed by atoms with Gasteiger partial charge in [0.15, 0.2) is 5.65 Å². The lowest BCUT2D eigenvalue weighted by Crippen LogP contribution is -2.59. The zero-order valence-corrected chi connectivity index (χ0v) is 12.8. The lowest BCUT2D eigenvalue weighted by molar-refractivity contribution is -0.123. The van der Waals surface area contributed by atoms with Gasteiger partial charge < -0.3 is 10.6 Å². The van der Waals surface area contributed by atoms with Crippen molar-refractivity contribution in [1.29, 1.82) is 0 Å². The Morgan fingerprint density at radius 1 is 1.55 bits per heavy atom. The molecule has 4 rings (SSSR count). The van der Waals surface area contributed by atoms with Crippen LogP contribution in [0.4, 0.5) is 0 Å². The van der Waals surface area contributed by atoms with Gasteiger partial charge in [-0.1, -0.05) is 0 Å². The third-order valence-corrected chi connectivity index (χ3v) is 5.14. The summed E-state index contributed by atoms with van der Waals surface area (Å²) in [5, 5.41) is 12.2. The SMILES string of the molecule is Cc1nn(CC(=O)NC2CCNC23CCC3)c2ncccc12. The zero-order valence-electron chi connectivity index (χ0n) is 12.8. The number of fused-ring (bicyclic) bond motifs is 1. The normalized spacial score (nSPS) is 22.9. The first-order valence-electron chi connectivity index (χ1n) is 8.00. The summed E-state index contributed by atoms with van der Waals surface area (Å²) in [6, 6.07) is 4.14. The summed E-state index contributed by atoms with van der Waals surface area (Å²) in [6.07, 6.45) is 6.35. The molecule has 6 nitrogen and oxygen atoms in total. The van der Waals surface area contributed by atoms with Crippen LogP contribution in [-0.4, -0.2) is 38.8 Å². The van der Waals surface area contributed by atoms with Crippen molar-refractivity contribution in [2.45, 2.75) is 50.7 Å². The fourth-order valence-corrected chi connectivity index (χ4v) is 3.81. The number of nitrogens with zero attached hydrogens (tertiary/aromatic N) is 3. The first-order chi connectivity index (χ1) is 10.7. The highest BCUT2D eigenvalue weighted by Crippen LogP contribution is 2.39. The average molecular weight is 299 g/mol. The van der Waals surface area contributed by atoms with Crippen molar-refractivity contribution >= 4 is 16.9 Å². The number of hydrogen-bond donors (Lipinski definition) is 2. The van der Waals surface area contributed by atoms with Crippen molar-refractivity contribution in [3.05, 3.63) is 24.0 Å². The number of nitrogens with one attached hydrogen (secondary N) is 2. The summed E-state index contributed by atoms with van der Waals surface area (Å²) in [7, 11) is 0. The van der Waals surface area contributed by atoms with Gasteiger partial charge >= 0.3 is 0 Å². The van der Waals surface area contributed by atoms with E-state index in [2.05, 4.69) is 20.7 Å². The van der Waals surface area contributed by atoms with Crippen LogP contribution in [0.2, 0.25) is 0 Å². The monoisotopic (exact) mass is 299 g/mol. The molecule has 2 aliphatic rings. The van der Waals surface area contributed by atoms with Crippen LogP contribution in [0, 0.1) is 6.92 Å². The molecule has 6 heteroatoms. The van der Waals surface area contributed by atoms with E-state index in [4.69, 9.17) is 0 Å². The number of carbonyl (C=O) groups is 1. The molecule has 22 heavy (non-hydrogen) atoms. The Hall–Kier alpha value is -1.95. The Kier molecular flexibility index (Phi) is 3.14. The van der Waals surface area contributed by atoms with Gasteiger partial charge in [-0.3, -0.25) is 4.79 Å². The van der Waals surface area contributed by atoms with Crippen LogP contribution in [-0.2, 0) is 11.3 Å². The highest BCUT2D eigenvalue weighted by Gasteiger charge is 2.47. The number of amides is 1. The summed E-state index contributed by atoms with van der Waals surface area (Å²) in [6.45, 7) is 3.17. The molecular formula is C16H21N5O. The number of aryl methyl sites for hydroxylation is 1. The molecule has 1 saturated carbocycles. The van der Waals surface area contributed by atoms with Gasteiger partial charge in [0.05, 0.1) is 5.69 Å². The molecule has 1 atom stereocenters. The van der Waals surface area contributed by atoms with E-state index in [0.717, 1.165) is 29.7 Å². The highest BCUT2D eigenvalue weighted by atomic mass is 16.2. The Bertz CT molecular complexity index is 718. The van der Waals surface area contributed by atoms with Crippen molar-refractivity contribution in [1.82, 2.24) is 25.4 Å². The van der Waals surface area contributed by atoms with E-state index >= 15 is 0 Å². The van der Waals surface area contributed by atoms with Crippen LogP contribution < -0.4 is 10.6 Å². The van der Waals surface area contributed by atoms with Crippen LogP contribution in [0.25, 0.3) is 11.0 Å². The molecule has 1 amide bonds. The van der Waals surface area contributed by atoms with E-state index in [9.17, 15) is 4.79 Å². The van der Waals surface area contributed by atoms with Crippen LogP contribution in [0.5, 0.6) is 0 Å². The predicted octanol–water partition coefficient (Wildman–Crippen LogP) is 1.14. The van der Waals surface area contributed by atoms with E-state index in [1.807, 2.05) is 19.1 Å². The smallest absolute Gasteiger partial charge is 0.242 e. The number of pyridine rings is 1. The zero-order chi connectivity index (χ0) is 15.2. The van der Waals surface area contributed by atoms with E-state index in [-0.39, 0.29) is 24.0 Å². The van der Waals surface area contributed by atoms with E-state index in [1.165, 1.54) is 19.3 Å². The number of hydrogen-bond acceptors (Lipinski definition) is 4. The third-order valence-electron chi connectivity index (χ3n) is 5.14. The Morgan fingerprint density at radius 3 is 3.18 bits per heavy atom. The van der Waals surface area contributed by atoms with Crippen LogP contribution in [0.1, 0.15) is 31.4 Å². The molecule has 2 fully saturated rings. The molecule has 0 bridgehead atoms. The molecule has 1 aliphatic heterocycles. The van der Waals surface area contributed by atoms with E-state index in [1.54, 1.807) is 10.9 Å². The van der Waals surface area contributed by atoms with Gasteiger partial charge in [-0.25, -0.2) is 9.67 Å². The molecule has 1 spiro atoms. The standard InChI is InChI=1S/C16H21N5O/c1-11-12-4-2-8-17-15(12)21(20-11)10-14(22)19-13-5-9-18-16(13)6-3-7-16/h2,4,8,13,18H,3,5-7,9-10H2,1H3,(H,19,22). The Labute approximate surface area is 129 Å². The predicted molar refractivity (Wildman–Crippen MR) is 83.4 cm³/mol. The van der Waals surface area contributed by atoms with Crippen molar-refractivity contribution < 1.29 is 4.79 Å². The van der Waals surface area contributed by atoms with Gasteiger partial charge in [-0.15, -0.1) is 0 Å². The molecule has 0 radical (unpaired) electrons. The maximum Gasteiger partial charge on any atom is 0.242 e. The molecule has 2 N–H and O–H groups in total. The maximum atomic E-state index is 12.4. The van der Waals surface area contributed by atoms with Gasteiger partial charge in [-0.2, -0.15) is 5.10 Å². The lowest BCUT2D eigenvalue weighted by atomic mass is 9.73. The second-order valence-electron chi connectivity index (χ2n) is 6.46. The van der Waals surface area contributed by atoms with Gasteiger partial charge in [-0.05, 0) is 51.3 Å². The molecular weight excluding hydrogens is 278 g/mol. The maximum absolute atomic E-state index is 12.4. The minimum Gasteiger partial charge on any atom is -0.350 e. The molecule has 2 aromatic rings. The van der Waals surface area contributed by atoms with Crippen molar-refractivity contribution in [3.8, 4) is 0 Å². The molecule has 1 aliphatic carbocycles. The third kappa shape index (κ3) is 2.09. The summed E-state index contributed by atoms with van der Waals surface area (Å²) < 4.78 is 1.70. The Balaban J connectivity index is 1.49. The van der Waals surface area contributed by atoms with E-state index < -0.39 is 0 Å². The van der Waals surface area contributed by atoms with Crippen LogP contribution in [0.3, 0.4) is 0 Å². The lowest BCUT2D eigenvalue weighted by Gasteiger charge is -2.43. The Morgan fingerprint density at radius 2 is 2.41 bits per heavy atom. The number of carbonyl (C=O) groups excluding carboxylic acids is 1. The second-order valence-corrected chi connectivity index (χ2v) is 6.46. The molecule has 0 aromatic carbocycles. The summed E-state index contributed by atoms with van der Waals surface area (Å²) in [5.41, 5.74) is 1.85. The summed E-state index contributed by atoms with van der Waals surface area (Å²) >= 11 is 0. The van der Waals surface area contributed by atoms with Crippen LogP contribution in [0.15, 0.2) is 18.3 Å². The van der Waals surface area contributed by atoms with Gasteiger partial charge in [0, 0.05) is 23.2 Å².